The number of nitrogens with zero attached hydrogens (tertiary/aromatic N) is 1. The van der Waals surface area contributed by atoms with Crippen molar-refractivity contribution in [1.82, 2.24) is 4.90 Å². The zero-order valence-electron chi connectivity index (χ0n) is 17.6. The van der Waals surface area contributed by atoms with Gasteiger partial charge in [0.1, 0.15) is 11.5 Å². The van der Waals surface area contributed by atoms with Gasteiger partial charge in [-0.25, -0.2) is 0 Å². The van der Waals surface area contributed by atoms with Crippen molar-refractivity contribution in [2.45, 2.75) is 38.3 Å². The number of carbonyl (C=O) groups is 2. The number of hydrogen-bond acceptors (Lipinski definition) is 5. The Hall–Kier alpha value is -3.12. The minimum absolute atomic E-state index is 0.107. The highest BCUT2D eigenvalue weighted by Gasteiger charge is 2.47. The normalized spacial score (nSPS) is 22.8. The van der Waals surface area contributed by atoms with Gasteiger partial charge in [-0.3, -0.25) is 9.59 Å². The molecule has 2 aliphatic heterocycles. The Morgan fingerprint density at radius 1 is 1.13 bits per heavy atom. The average Bonchev–Trinajstić information content (AvgIpc) is 3.41. The molecule has 0 radical (unpaired) electrons. The standard InChI is InChI=1S/C25H27NO5/c1-2-14-30-19-12-10-17(11-13-19)22-21(23(27)18-7-4-3-5-8-18)24(28)25(29)26(22)16-20-9-6-15-31-20/h3-5,7-8,10-13,20,22,27H,2,6,9,14-16H2,1H3/b23-21+. The van der Waals surface area contributed by atoms with Gasteiger partial charge in [-0.2, -0.15) is 0 Å². The van der Waals surface area contributed by atoms with Crippen LogP contribution in [0.25, 0.3) is 5.76 Å². The van der Waals surface area contributed by atoms with Gasteiger partial charge in [-0.05, 0) is 37.0 Å². The van der Waals surface area contributed by atoms with E-state index in [1.165, 1.54) is 4.90 Å². The van der Waals surface area contributed by atoms with E-state index in [1.807, 2.05) is 37.3 Å². The monoisotopic (exact) mass is 421 g/mol. The quantitative estimate of drug-likeness (QED) is 0.414. The Labute approximate surface area is 182 Å². The molecular formula is C25H27NO5. The molecule has 1 amide bonds. The molecule has 2 aliphatic rings. The van der Waals surface area contributed by atoms with Gasteiger partial charge < -0.3 is 19.5 Å². The number of likely N-dealkylation sites (tertiary alicyclic amines) is 1. The summed E-state index contributed by atoms with van der Waals surface area (Å²) >= 11 is 0. The van der Waals surface area contributed by atoms with Crippen LogP contribution in [0.2, 0.25) is 0 Å². The van der Waals surface area contributed by atoms with Crippen LogP contribution in [-0.4, -0.2) is 47.6 Å². The lowest BCUT2D eigenvalue weighted by Crippen LogP contribution is -2.36. The molecule has 2 saturated heterocycles. The van der Waals surface area contributed by atoms with Crippen molar-refractivity contribution < 1.29 is 24.2 Å². The number of ketones is 1. The topological polar surface area (TPSA) is 76.1 Å². The molecule has 2 fully saturated rings. The number of hydrogen-bond donors (Lipinski definition) is 1. The van der Waals surface area contributed by atoms with Crippen molar-refractivity contribution in [2.24, 2.45) is 0 Å². The molecule has 6 heteroatoms. The van der Waals surface area contributed by atoms with Crippen LogP contribution in [0.15, 0.2) is 60.2 Å². The molecule has 2 heterocycles. The molecular weight excluding hydrogens is 394 g/mol. The van der Waals surface area contributed by atoms with E-state index in [9.17, 15) is 14.7 Å². The van der Waals surface area contributed by atoms with Gasteiger partial charge in [0.15, 0.2) is 0 Å². The molecule has 31 heavy (non-hydrogen) atoms. The molecule has 0 aromatic heterocycles. The highest BCUT2D eigenvalue weighted by Crippen LogP contribution is 2.40. The second-order valence-electron chi connectivity index (χ2n) is 7.87. The van der Waals surface area contributed by atoms with E-state index < -0.39 is 17.7 Å². The molecule has 0 aliphatic carbocycles. The van der Waals surface area contributed by atoms with Gasteiger partial charge in [0.05, 0.1) is 24.3 Å². The second kappa shape index (κ2) is 9.35. The predicted molar refractivity (Wildman–Crippen MR) is 117 cm³/mol. The molecule has 6 nitrogen and oxygen atoms in total. The first-order valence-corrected chi connectivity index (χ1v) is 10.8. The summed E-state index contributed by atoms with van der Waals surface area (Å²) in [6.45, 7) is 3.63. The molecule has 4 rings (SSSR count). The van der Waals surface area contributed by atoms with Crippen LogP contribution in [0.3, 0.4) is 0 Å². The molecule has 2 aromatic rings. The van der Waals surface area contributed by atoms with Crippen LogP contribution >= 0.6 is 0 Å². The lowest BCUT2D eigenvalue weighted by Gasteiger charge is -2.27. The fourth-order valence-corrected chi connectivity index (χ4v) is 4.14. The van der Waals surface area contributed by atoms with Crippen LogP contribution in [-0.2, 0) is 14.3 Å². The van der Waals surface area contributed by atoms with Crippen molar-refractivity contribution in [3.63, 3.8) is 0 Å². The number of carbonyl (C=O) groups excluding carboxylic acids is 2. The number of aliphatic hydroxyl groups excluding tert-OH is 1. The second-order valence-corrected chi connectivity index (χ2v) is 7.87. The predicted octanol–water partition coefficient (Wildman–Crippen LogP) is 4.08. The first-order valence-electron chi connectivity index (χ1n) is 10.8. The smallest absolute Gasteiger partial charge is 0.295 e. The van der Waals surface area contributed by atoms with Gasteiger partial charge in [-0.15, -0.1) is 0 Å². The minimum Gasteiger partial charge on any atom is -0.507 e. The van der Waals surface area contributed by atoms with E-state index in [-0.39, 0.29) is 17.4 Å². The zero-order chi connectivity index (χ0) is 21.8. The lowest BCUT2D eigenvalue weighted by molar-refractivity contribution is -0.140. The first kappa shape index (κ1) is 21.1. The van der Waals surface area contributed by atoms with Crippen LogP contribution in [0.1, 0.15) is 43.4 Å². The van der Waals surface area contributed by atoms with E-state index in [0.717, 1.165) is 30.6 Å². The fraction of sp³-hybridized carbons (Fsp3) is 0.360. The molecule has 162 valence electrons. The average molecular weight is 421 g/mol. The molecule has 1 N–H and O–H groups in total. The summed E-state index contributed by atoms with van der Waals surface area (Å²) < 4.78 is 11.4. The Morgan fingerprint density at radius 2 is 1.87 bits per heavy atom. The molecule has 0 saturated carbocycles. The fourth-order valence-electron chi connectivity index (χ4n) is 4.14. The minimum atomic E-state index is -0.676. The summed E-state index contributed by atoms with van der Waals surface area (Å²) in [5, 5.41) is 11.0. The largest absolute Gasteiger partial charge is 0.507 e. The van der Waals surface area contributed by atoms with Gasteiger partial charge in [0, 0.05) is 18.7 Å². The third kappa shape index (κ3) is 4.35. The maximum absolute atomic E-state index is 13.0. The SMILES string of the molecule is CCCOc1ccc(C2/C(=C(\O)c3ccccc3)C(=O)C(=O)N2CC2CCCO2)cc1. The van der Waals surface area contributed by atoms with Crippen LogP contribution in [0, 0.1) is 0 Å². The van der Waals surface area contributed by atoms with Gasteiger partial charge in [-0.1, -0.05) is 49.4 Å². The number of benzene rings is 2. The van der Waals surface area contributed by atoms with E-state index in [4.69, 9.17) is 9.47 Å². The van der Waals surface area contributed by atoms with Gasteiger partial charge in [0.25, 0.3) is 11.7 Å². The lowest BCUT2D eigenvalue weighted by atomic mass is 9.95. The summed E-state index contributed by atoms with van der Waals surface area (Å²) in [7, 11) is 0. The van der Waals surface area contributed by atoms with E-state index in [1.54, 1.807) is 24.3 Å². The highest BCUT2D eigenvalue weighted by molar-refractivity contribution is 6.46. The third-order valence-corrected chi connectivity index (χ3v) is 5.68. The van der Waals surface area contributed by atoms with Crippen molar-refractivity contribution in [3.8, 4) is 5.75 Å². The first-order chi connectivity index (χ1) is 15.1. The Bertz CT molecular complexity index is 961. The molecule has 0 spiro atoms. The number of rotatable bonds is 7. The summed E-state index contributed by atoms with van der Waals surface area (Å²) in [5.41, 5.74) is 1.36. The van der Waals surface area contributed by atoms with Gasteiger partial charge in [0.2, 0.25) is 0 Å². The molecule has 2 unspecified atom stereocenters. The number of ether oxygens (including phenoxy) is 2. The van der Waals surface area contributed by atoms with Crippen molar-refractivity contribution in [1.29, 1.82) is 0 Å². The van der Waals surface area contributed by atoms with E-state index in [0.29, 0.717) is 25.3 Å². The van der Waals surface area contributed by atoms with Crippen LogP contribution < -0.4 is 4.74 Å². The van der Waals surface area contributed by atoms with Crippen molar-refractivity contribution in [3.05, 3.63) is 71.3 Å². The Kier molecular flexibility index (Phi) is 6.37. The Morgan fingerprint density at radius 3 is 2.52 bits per heavy atom. The molecule has 2 aromatic carbocycles. The molecule has 2 atom stereocenters. The number of amides is 1. The van der Waals surface area contributed by atoms with Crippen LogP contribution in [0.4, 0.5) is 0 Å². The highest BCUT2D eigenvalue weighted by atomic mass is 16.5. The summed E-state index contributed by atoms with van der Waals surface area (Å²) in [6, 6.07) is 15.5. The number of aliphatic hydroxyl groups is 1. The van der Waals surface area contributed by atoms with Crippen LogP contribution in [0.5, 0.6) is 5.75 Å². The van der Waals surface area contributed by atoms with Gasteiger partial charge >= 0.3 is 0 Å². The van der Waals surface area contributed by atoms with Crippen molar-refractivity contribution >= 4 is 17.4 Å². The van der Waals surface area contributed by atoms with E-state index >= 15 is 0 Å². The summed E-state index contributed by atoms with van der Waals surface area (Å²) in [5.74, 6) is -0.713. The maximum Gasteiger partial charge on any atom is 0.295 e. The zero-order valence-corrected chi connectivity index (χ0v) is 17.6. The number of Topliss-reactive ketones (excluding diaryl/α,β-unsaturated/α-hetero) is 1. The molecule has 0 bridgehead atoms. The van der Waals surface area contributed by atoms with Crippen molar-refractivity contribution in [2.75, 3.05) is 19.8 Å². The summed E-state index contributed by atoms with van der Waals surface area (Å²) in [6.07, 6.45) is 2.58. The summed E-state index contributed by atoms with van der Waals surface area (Å²) in [4.78, 5) is 27.5. The Balaban J connectivity index is 1.75. The third-order valence-electron chi connectivity index (χ3n) is 5.68. The maximum atomic E-state index is 13.0. The van der Waals surface area contributed by atoms with E-state index in [2.05, 4.69) is 0 Å².